The number of Topliss-reactive ketones (excluding diaryl/α,β-unsaturated/α-hetero) is 1. The predicted octanol–water partition coefficient (Wildman–Crippen LogP) is 3.61. The van der Waals surface area contributed by atoms with Crippen molar-refractivity contribution in [1.29, 1.82) is 0 Å². The van der Waals surface area contributed by atoms with Crippen LogP contribution in [0.3, 0.4) is 0 Å². The number of hydrogen-bond donors (Lipinski definition) is 1. The summed E-state index contributed by atoms with van der Waals surface area (Å²) in [6.45, 7) is 0.378. The summed E-state index contributed by atoms with van der Waals surface area (Å²) in [5, 5.41) is 2.82. The van der Waals surface area contributed by atoms with Crippen molar-refractivity contribution in [3.8, 4) is 0 Å². The molecular weight excluding hydrogens is 350 g/mol. The summed E-state index contributed by atoms with van der Waals surface area (Å²) >= 11 is 1.61. The first-order valence-electron chi connectivity index (χ1n) is 9.18. The van der Waals surface area contributed by atoms with Gasteiger partial charge in [-0.2, -0.15) is 0 Å². The number of rotatable bonds is 9. The second-order valence-electron chi connectivity index (χ2n) is 6.62. The SMILES string of the molecule is CSc1ccc(C(=O)CCC(=O)OCC(=O)NCC2CCCCC2)cc1. The van der Waals surface area contributed by atoms with Crippen molar-refractivity contribution in [3.05, 3.63) is 29.8 Å². The van der Waals surface area contributed by atoms with E-state index >= 15 is 0 Å². The molecule has 0 aliphatic heterocycles. The maximum atomic E-state index is 12.1. The minimum absolute atomic E-state index is 0.0149. The van der Waals surface area contributed by atoms with Gasteiger partial charge in [-0.25, -0.2) is 0 Å². The van der Waals surface area contributed by atoms with E-state index in [-0.39, 0.29) is 31.1 Å². The molecule has 1 aromatic carbocycles. The van der Waals surface area contributed by atoms with Crippen LogP contribution in [0.4, 0.5) is 0 Å². The Hall–Kier alpha value is -1.82. The van der Waals surface area contributed by atoms with E-state index in [1.807, 2.05) is 18.4 Å². The highest BCUT2D eigenvalue weighted by Gasteiger charge is 2.15. The molecule has 1 aromatic rings. The van der Waals surface area contributed by atoms with Crippen molar-refractivity contribution in [2.45, 2.75) is 49.8 Å². The second kappa shape index (κ2) is 11.0. The molecular formula is C20H27NO4S. The molecule has 0 atom stereocenters. The fourth-order valence-electron chi connectivity index (χ4n) is 3.06. The van der Waals surface area contributed by atoms with Crippen molar-refractivity contribution in [2.75, 3.05) is 19.4 Å². The zero-order chi connectivity index (χ0) is 18.8. The lowest BCUT2D eigenvalue weighted by Gasteiger charge is -2.21. The van der Waals surface area contributed by atoms with E-state index in [9.17, 15) is 14.4 Å². The summed E-state index contributed by atoms with van der Waals surface area (Å²) in [4.78, 5) is 36.6. The van der Waals surface area contributed by atoms with Crippen LogP contribution in [0.5, 0.6) is 0 Å². The number of benzene rings is 1. The molecule has 26 heavy (non-hydrogen) atoms. The van der Waals surface area contributed by atoms with Crippen molar-refractivity contribution in [2.24, 2.45) is 5.92 Å². The largest absolute Gasteiger partial charge is 0.456 e. The van der Waals surface area contributed by atoms with Gasteiger partial charge in [0.15, 0.2) is 12.4 Å². The molecule has 2 rings (SSSR count). The van der Waals surface area contributed by atoms with Crippen molar-refractivity contribution in [3.63, 3.8) is 0 Å². The Morgan fingerprint density at radius 3 is 2.42 bits per heavy atom. The first-order valence-corrected chi connectivity index (χ1v) is 10.4. The van der Waals surface area contributed by atoms with E-state index in [1.165, 1.54) is 19.3 Å². The number of thioether (sulfide) groups is 1. The molecule has 0 radical (unpaired) electrons. The van der Waals surface area contributed by atoms with Gasteiger partial charge in [-0.3, -0.25) is 14.4 Å². The molecule has 1 N–H and O–H groups in total. The van der Waals surface area contributed by atoms with Crippen LogP contribution in [0.15, 0.2) is 29.2 Å². The minimum Gasteiger partial charge on any atom is -0.456 e. The van der Waals surface area contributed by atoms with Crippen molar-refractivity contribution >= 4 is 29.4 Å². The number of ketones is 1. The summed E-state index contributed by atoms with van der Waals surface area (Å²) < 4.78 is 4.96. The van der Waals surface area contributed by atoms with Crippen LogP contribution in [0.25, 0.3) is 0 Å². The van der Waals surface area contributed by atoms with E-state index in [2.05, 4.69) is 5.32 Å². The number of nitrogens with one attached hydrogen (secondary N) is 1. The lowest BCUT2D eigenvalue weighted by atomic mass is 9.89. The zero-order valence-corrected chi connectivity index (χ0v) is 16.1. The molecule has 0 bridgehead atoms. The Kier molecular flexibility index (Phi) is 8.68. The van der Waals surface area contributed by atoms with Gasteiger partial charge in [0.1, 0.15) is 0 Å². The van der Waals surface area contributed by atoms with Crippen LogP contribution >= 0.6 is 11.8 Å². The van der Waals surface area contributed by atoms with Crippen LogP contribution < -0.4 is 5.32 Å². The number of ether oxygens (including phenoxy) is 1. The standard InChI is InChI=1S/C20H27NO4S/c1-26-17-9-7-16(8-10-17)18(22)11-12-20(24)25-14-19(23)21-13-15-5-3-2-4-6-15/h7-10,15H,2-6,11-14H2,1H3,(H,21,23). The quantitative estimate of drug-likeness (QED) is 0.404. The predicted molar refractivity (Wildman–Crippen MR) is 102 cm³/mol. The van der Waals surface area contributed by atoms with Gasteiger partial charge < -0.3 is 10.1 Å². The minimum atomic E-state index is -0.521. The Balaban J connectivity index is 1.61. The molecule has 0 spiro atoms. The van der Waals surface area contributed by atoms with Crippen molar-refractivity contribution in [1.82, 2.24) is 5.32 Å². The average molecular weight is 378 g/mol. The lowest BCUT2D eigenvalue weighted by molar-refractivity contribution is -0.148. The highest BCUT2D eigenvalue weighted by atomic mass is 32.2. The maximum Gasteiger partial charge on any atom is 0.306 e. The molecule has 0 aromatic heterocycles. The Morgan fingerprint density at radius 1 is 1.08 bits per heavy atom. The number of carbonyl (C=O) groups excluding carboxylic acids is 3. The number of carbonyl (C=O) groups is 3. The third-order valence-corrected chi connectivity index (χ3v) is 5.39. The average Bonchev–Trinajstić information content (AvgIpc) is 2.69. The summed E-state index contributed by atoms with van der Waals surface area (Å²) in [5.74, 6) is -0.357. The molecule has 5 nitrogen and oxygen atoms in total. The Morgan fingerprint density at radius 2 is 1.77 bits per heavy atom. The highest BCUT2D eigenvalue weighted by molar-refractivity contribution is 7.98. The highest BCUT2D eigenvalue weighted by Crippen LogP contribution is 2.22. The first-order chi connectivity index (χ1) is 12.6. The zero-order valence-electron chi connectivity index (χ0n) is 15.3. The van der Waals surface area contributed by atoms with Crippen LogP contribution in [-0.4, -0.2) is 37.1 Å². The second-order valence-corrected chi connectivity index (χ2v) is 7.50. The van der Waals surface area contributed by atoms with E-state index < -0.39 is 5.97 Å². The first kappa shape index (κ1) is 20.5. The van der Waals surface area contributed by atoms with Gasteiger partial charge in [-0.15, -0.1) is 11.8 Å². The molecule has 1 fully saturated rings. The van der Waals surface area contributed by atoms with E-state index in [0.29, 0.717) is 18.0 Å². The fourth-order valence-corrected chi connectivity index (χ4v) is 3.46. The van der Waals surface area contributed by atoms with Gasteiger partial charge in [0.2, 0.25) is 0 Å². The van der Waals surface area contributed by atoms with E-state index in [0.717, 1.165) is 17.7 Å². The normalized spacial score (nSPS) is 14.7. The summed E-state index contributed by atoms with van der Waals surface area (Å²) in [6, 6.07) is 7.29. The molecule has 0 unspecified atom stereocenters. The Labute approximate surface area is 159 Å². The van der Waals surface area contributed by atoms with Crippen LogP contribution in [0.1, 0.15) is 55.3 Å². The summed E-state index contributed by atoms with van der Waals surface area (Å²) in [5.41, 5.74) is 0.584. The van der Waals surface area contributed by atoms with Crippen LogP contribution in [-0.2, 0) is 14.3 Å². The maximum absolute atomic E-state index is 12.1. The van der Waals surface area contributed by atoms with Crippen LogP contribution in [0, 0.1) is 5.92 Å². The smallest absolute Gasteiger partial charge is 0.306 e. The van der Waals surface area contributed by atoms with Gasteiger partial charge in [0.25, 0.3) is 5.91 Å². The van der Waals surface area contributed by atoms with Gasteiger partial charge in [-0.05, 0) is 37.1 Å². The molecule has 1 saturated carbocycles. The molecule has 1 aliphatic rings. The van der Waals surface area contributed by atoms with E-state index in [1.54, 1.807) is 23.9 Å². The van der Waals surface area contributed by atoms with Gasteiger partial charge in [0, 0.05) is 23.4 Å². The van der Waals surface area contributed by atoms with Crippen LogP contribution in [0.2, 0.25) is 0 Å². The number of hydrogen-bond acceptors (Lipinski definition) is 5. The van der Waals surface area contributed by atoms with Crippen molar-refractivity contribution < 1.29 is 19.1 Å². The van der Waals surface area contributed by atoms with Gasteiger partial charge in [-0.1, -0.05) is 31.4 Å². The molecule has 142 valence electrons. The molecule has 1 aliphatic carbocycles. The molecule has 0 heterocycles. The molecule has 1 amide bonds. The lowest BCUT2D eigenvalue weighted by Crippen LogP contribution is -2.33. The number of esters is 1. The van der Waals surface area contributed by atoms with Gasteiger partial charge >= 0.3 is 5.97 Å². The summed E-state index contributed by atoms with van der Waals surface area (Å²) in [6.07, 6.45) is 8.08. The summed E-state index contributed by atoms with van der Waals surface area (Å²) in [7, 11) is 0. The molecule has 0 saturated heterocycles. The third kappa shape index (κ3) is 7.20. The topological polar surface area (TPSA) is 72.5 Å². The molecule has 6 heteroatoms. The van der Waals surface area contributed by atoms with E-state index in [4.69, 9.17) is 4.74 Å². The monoisotopic (exact) mass is 377 g/mol. The Bertz CT molecular complexity index is 609. The number of amides is 1. The third-order valence-electron chi connectivity index (χ3n) is 4.65. The fraction of sp³-hybridized carbons (Fsp3) is 0.550. The van der Waals surface area contributed by atoms with Gasteiger partial charge in [0.05, 0.1) is 6.42 Å².